The van der Waals surface area contributed by atoms with Gasteiger partial charge in [0.05, 0.1) is 6.42 Å². The highest BCUT2D eigenvalue weighted by molar-refractivity contribution is 7.81. The van der Waals surface area contributed by atoms with Crippen LogP contribution in [0.25, 0.3) is 0 Å². The highest BCUT2D eigenvalue weighted by atomic mass is 32.1. The molecule has 1 aliphatic rings. The molecule has 4 nitrogen and oxygen atoms in total. The average molecular weight is 432 g/mol. The molecule has 0 radical (unpaired) electrons. The lowest BCUT2D eigenvalue weighted by molar-refractivity contribution is -0.131. The van der Waals surface area contributed by atoms with Crippen LogP contribution in [0, 0.1) is 0 Å². The summed E-state index contributed by atoms with van der Waals surface area (Å²) in [7, 11) is 0. The van der Waals surface area contributed by atoms with Crippen LogP contribution in [0.4, 0.5) is 0 Å². The first kappa shape index (κ1) is 21.6. The largest absolute Gasteiger partial charge is 0.340 e. The van der Waals surface area contributed by atoms with Crippen molar-refractivity contribution in [3.8, 4) is 0 Å². The zero-order chi connectivity index (χ0) is 21.5. The molecule has 31 heavy (non-hydrogen) atoms. The molecule has 0 spiro atoms. The Morgan fingerprint density at radius 2 is 1.71 bits per heavy atom. The van der Waals surface area contributed by atoms with Gasteiger partial charge in [0.2, 0.25) is 5.91 Å². The van der Waals surface area contributed by atoms with Crippen molar-refractivity contribution in [2.24, 2.45) is 0 Å². The van der Waals surface area contributed by atoms with Crippen molar-refractivity contribution in [3.05, 3.63) is 102 Å². The van der Waals surface area contributed by atoms with Gasteiger partial charge in [-0.05, 0) is 35.7 Å². The van der Waals surface area contributed by atoms with E-state index in [1.54, 1.807) is 12.4 Å². The fraction of sp³-hybridized carbons (Fsp3) is 0.308. The molecule has 4 rings (SSSR count). The molecule has 3 aromatic rings. The summed E-state index contributed by atoms with van der Waals surface area (Å²) in [6.07, 6.45) is 4.89. The average Bonchev–Trinajstić information content (AvgIpc) is 3.22. The Kier molecular flexibility index (Phi) is 7.39. The molecular formula is C26H29N3OS. The van der Waals surface area contributed by atoms with Crippen molar-refractivity contribution in [2.75, 3.05) is 19.6 Å². The van der Waals surface area contributed by atoms with E-state index < -0.39 is 0 Å². The van der Waals surface area contributed by atoms with Crippen LogP contribution in [0.2, 0.25) is 0 Å². The lowest BCUT2D eigenvalue weighted by Crippen LogP contribution is -2.46. The van der Waals surface area contributed by atoms with E-state index in [1.165, 1.54) is 11.1 Å². The van der Waals surface area contributed by atoms with Crippen LogP contribution in [-0.2, 0) is 11.2 Å². The number of nitrogens with one attached hydrogen (secondary N) is 1. The lowest BCUT2D eigenvalue weighted by atomic mass is 9.90. The molecule has 0 saturated carbocycles. The van der Waals surface area contributed by atoms with Crippen molar-refractivity contribution < 1.29 is 4.79 Å². The summed E-state index contributed by atoms with van der Waals surface area (Å²) >= 11 is 4.75. The van der Waals surface area contributed by atoms with Gasteiger partial charge < -0.3 is 10.2 Å². The standard InChI is InChI=1S/C26H29N3OS/c30-26(16-20-8-7-14-27-17-20)29(19-24-25(31)13-15-28-24)18-23(21-9-3-1-4-10-21)22-11-5-2-6-12-22/h1-12,14,17,23-25,28,31H,13,15-16,18-19H2/t24-,25-/m1/s1. The summed E-state index contributed by atoms with van der Waals surface area (Å²) in [6, 6.07) is 25.0. The monoisotopic (exact) mass is 431 g/mol. The Balaban J connectivity index is 1.61. The van der Waals surface area contributed by atoms with Gasteiger partial charge in [0.25, 0.3) is 0 Å². The van der Waals surface area contributed by atoms with Gasteiger partial charge in [-0.25, -0.2) is 0 Å². The molecule has 0 bridgehead atoms. The van der Waals surface area contributed by atoms with Gasteiger partial charge in [0, 0.05) is 42.7 Å². The van der Waals surface area contributed by atoms with Crippen molar-refractivity contribution in [2.45, 2.75) is 30.1 Å². The van der Waals surface area contributed by atoms with Crippen LogP contribution < -0.4 is 5.32 Å². The first-order valence-electron chi connectivity index (χ1n) is 10.9. The maximum atomic E-state index is 13.5. The summed E-state index contributed by atoms with van der Waals surface area (Å²) in [5.41, 5.74) is 3.37. The van der Waals surface area contributed by atoms with Gasteiger partial charge >= 0.3 is 0 Å². The maximum Gasteiger partial charge on any atom is 0.227 e. The van der Waals surface area contributed by atoms with E-state index in [9.17, 15) is 4.79 Å². The number of thiol groups is 1. The Labute approximate surface area is 190 Å². The first-order chi connectivity index (χ1) is 15.2. The molecular weight excluding hydrogens is 402 g/mol. The minimum atomic E-state index is 0.111. The zero-order valence-corrected chi connectivity index (χ0v) is 18.5. The Bertz CT molecular complexity index is 913. The minimum absolute atomic E-state index is 0.111. The van der Waals surface area contributed by atoms with E-state index in [4.69, 9.17) is 12.6 Å². The topological polar surface area (TPSA) is 45.2 Å². The second kappa shape index (κ2) is 10.6. The van der Waals surface area contributed by atoms with Gasteiger partial charge in [-0.15, -0.1) is 0 Å². The Morgan fingerprint density at radius 1 is 1.03 bits per heavy atom. The molecule has 160 valence electrons. The molecule has 0 aliphatic carbocycles. The smallest absolute Gasteiger partial charge is 0.227 e. The second-order valence-electron chi connectivity index (χ2n) is 8.13. The van der Waals surface area contributed by atoms with Crippen molar-refractivity contribution in [1.82, 2.24) is 15.2 Å². The summed E-state index contributed by atoms with van der Waals surface area (Å²) in [6.45, 7) is 2.24. The van der Waals surface area contributed by atoms with Crippen molar-refractivity contribution in [1.29, 1.82) is 0 Å². The first-order valence-corrected chi connectivity index (χ1v) is 11.4. The van der Waals surface area contributed by atoms with E-state index >= 15 is 0 Å². The molecule has 2 heterocycles. The third-order valence-corrected chi connectivity index (χ3v) is 6.58. The normalized spacial score (nSPS) is 18.3. The summed E-state index contributed by atoms with van der Waals surface area (Å²) in [5, 5.41) is 3.79. The summed E-state index contributed by atoms with van der Waals surface area (Å²) < 4.78 is 0. The molecule has 2 atom stereocenters. The number of carbonyl (C=O) groups excluding carboxylic acids is 1. The Hall–Kier alpha value is -2.63. The molecule has 0 unspecified atom stereocenters. The van der Waals surface area contributed by atoms with E-state index in [2.05, 4.69) is 58.8 Å². The van der Waals surface area contributed by atoms with Gasteiger partial charge in [-0.3, -0.25) is 9.78 Å². The number of pyridine rings is 1. The molecule has 1 fully saturated rings. The summed E-state index contributed by atoms with van der Waals surface area (Å²) in [5.74, 6) is 0.235. The SMILES string of the molecule is O=C(Cc1cccnc1)N(CC(c1ccccc1)c1ccccc1)C[C@H]1NCC[C@H]1S. The number of rotatable bonds is 8. The van der Waals surface area contributed by atoms with E-state index in [0.717, 1.165) is 18.5 Å². The number of carbonyl (C=O) groups is 1. The molecule has 1 amide bonds. The zero-order valence-electron chi connectivity index (χ0n) is 17.6. The second-order valence-corrected chi connectivity index (χ2v) is 8.79. The number of amides is 1. The van der Waals surface area contributed by atoms with Gasteiger partial charge in [0.15, 0.2) is 0 Å². The molecule has 1 N–H and O–H groups in total. The molecule has 1 aliphatic heterocycles. The Morgan fingerprint density at radius 3 is 2.26 bits per heavy atom. The number of benzene rings is 2. The predicted molar refractivity (Wildman–Crippen MR) is 128 cm³/mol. The van der Waals surface area contributed by atoms with E-state index in [0.29, 0.717) is 19.5 Å². The van der Waals surface area contributed by atoms with Gasteiger partial charge in [-0.2, -0.15) is 12.6 Å². The van der Waals surface area contributed by atoms with Crippen LogP contribution in [-0.4, -0.2) is 46.7 Å². The quantitative estimate of drug-likeness (QED) is 0.531. The van der Waals surface area contributed by atoms with Crippen molar-refractivity contribution in [3.63, 3.8) is 0 Å². The highest BCUT2D eigenvalue weighted by Crippen LogP contribution is 2.27. The molecule has 2 aromatic carbocycles. The predicted octanol–water partition coefficient (Wildman–Crippen LogP) is 3.95. The summed E-state index contributed by atoms with van der Waals surface area (Å²) in [4.78, 5) is 19.6. The van der Waals surface area contributed by atoms with E-state index in [1.807, 2.05) is 29.2 Å². The number of hydrogen-bond acceptors (Lipinski definition) is 4. The minimum Gasteiger partial charge on any atom is -0.340 e. The van der Waals surface area contributed by atoms with Crippen LogP contribution in [0.1, 0.15) is 29.0 Å². The fourth-order valence-electron chi connectivity index (χ4n) is 4.24. The third kappa shape index (κ3) is 5.75. The van der Waals surface area contributed by atoms with Crippen LogP contribution in [0.3, 0.4) is 0 Å². The number of hydrogen-bond donors (Lipinski definition) is 2. The fourth-order valence-corrected chi connectivity index (χ4v) is 4.57. The lowest BCUT2D eigenvalue weighted by Gasteiger charge is -2.31. The third-order valence-electron chi connectivity index (χ3n) is 5.97. The van der Waals surface area contributed by atoms with Crippen molar-refractivity contribution >= 4 is 18.5 Å². The molecule has 5 heteroatoms. The van der Waals surface area contributed by atoms with E-state index in [-0.39, 0.29) is 23.1 Å². The number of aromatic nitrogens is 1. The molecule has 1 saturated heterocycles. The number of nitrogens with zero attached hydrogens (tertiary/aromatic N) is 2. The van der Waals surface area contributed by atoms with Crippen LogP contribution in [0.5, 0.6) is 0 Å². The van der Waals surface area contributed by atoms with Gasteiger partial charge in [-0.1, -0.05) is 66.7 Å². The van der Waals surface area contributed by atoms with Crippen LogP contribution in [0.15, 0.2) is 85.2 Å². The van der Waals surface area contributed by atoms with Gasteiger partial charge in [0.1, 0.15) is 0 Å². The molecule has 1 aromatic heterocycles. The highest BCUT2D eigenvalue weighted by Gasteiger charge is 2.29. The maximum absolute atomic E-state index is 13.5. The van der Waals surface area contributed by atoms with Crippen LogP contribution >= 0.6 is 12.6 Å².